The Kier molecular flexibility index (Phi) is 8.16. The van der Waals surface area contributed by atoms with Gasteiger partial charge in [0.15, 0.2) is 5.16 Å². The zero-order valence-electron chi connectivity index (χ0n) is 16.0. The van der Waals surface area contributed by atoms with Gasteiger partial charge < -0.3 is 5.32 Å². The Hall–Kier alpha value is -1.82. The third-order valence-corrected chi connectivity index (χ3v) is 5.58. The molecule has 0 aliphatic heterocycles. The molecule has 0 radical (unpaired) electrons. The molecule has 142 valence electrons. The van der Waals surface area contributed by atoms with E-state index in [1.54, 1.807) is 10.6 Å². The number of amides is 1. The maximum atomic E-state index is 12.6. The van der Waals surface area contributed by atoms with Gasteiger partial charge in [-0.3, -0.25) is 14.2 Å². The monoisotopic (exact) mass is 375 g/mol. The van der Waals surface area contributed by atoms with Crippen molar-refractivity contribution in [3.05, 3.63) is 34.6 Å². The minimum Gasteiger partial charge on any atom is -0.355 e. The Labute approximate surface area is 159 Å². The molecule has 26 heavy (non-hydrogen) atoms. The molecule has 0 aliphatic carbocycles. The van der Waals surface area contributed by atoms with Crippen molar-refractivity contribution in [1.82, 2.24) is 14.9 Å². The van der Waals surface area contributed by atoms with Crippen LogP contribution in [0.3, 0.4) is 0 Å². The number of hydrogen-bond acceptors (Lipinski definition) is 4. The summed E-state index contributed by atoms with van der Waals surface area (Å²) in [5.74, 6) is 0.807. The molecule has 0 spiro atoms. The van der Waals surface area contributed by atoms with Gasteiger partial charge in [0, 0.05) is 13.1 Å². The average molecular weight is 376 g/mol. The molecule has 0 fully saturated rings. The lowest BCUT2D eigenvalue weighted by Gasteiger charge is -2.15. The molecule has 2 rings (SSSR count). The van der Waals surface area contributed by atoms with E-state index >= 15 is 0 Å². The summed E-state index contributed by atoms with van der Waals surface area (Å²) in [7, 11) is 0. The fraction of sp³-hybridized carbons (Fsp3) is 0.550. The van der Waals surface area contributed by atoms with E-state index in [0.29, 0.717) is 28.5 Å². The van der Waals surface area contributed by atoms with Crippen molar-refractivity contribution in [2.75, 3.05) is 12.3 Å². The van der Waals surface area contributed by atoms with Crippen LogP contribution in [-0.4, -0.2) is 27.8 Å². The second-order valence-electron chi connectivity index (χ2n) is 6.47. The van der Waals surface area contributed by atoms with Gasteiger partial charge in [0.1, 0.15) is 0 Å². The van der Waals surface area contributed by atoms with Gasteiger partial charge in [-0.15, -0.1) is 0 Å². The molecule has 0 saturated carbocycles. The van der Waals surface area contributed by atoms with Crippen molar-refractivity contribution >= 4 is 28.6 Å². The number of nitrogens with one attached hydrogen (secondary N) is 1. The Balaban J connectivity index is 2.00. The van der Waals surface area contributed by atoms with Crippen LogP contribution in [0.25, 0.3) is 10.9 Å². The summed E-state index contributed by atoms with van der Waals surface area (Å²) in [4.78, 5) is 29.4. The number of carbonyl (C=O) groups is 1. The van der Waals surface area contributed by atoms with Crippen molar-refractivity contribution in [1.29, 1.82) is 0 Å². The molecule has 1 N–H and O–H groups in total. The number of aromatic nitrogens is 2. The van der Waals surface area contributed by atoms with Gasteiger partial charge in [0.05, 0.1) is 16.7 Å². The van der Waals surface area contributed by atoms with Crippen LogP contribution in [0, 0.1) is 5.92 Å². The Morgan fingerprint density at radius 3 is 2.73 bits per heavy atom. The quantitative estimate of drug-likeness (QED) is 0.506. The van der Waals surface area contributed by atoms with Crippen LogP contribution in [0.4, 0.5) is 0 Å². The summed E-state index contributed by atoms with van der Waals surface area (Å²) in [5, 5.41) is 4.24. The Bertz CT molecular complexity index is 788. The van der Waals surface area contributed by atoms with Gasteiger partial charge in [-0.25, -0.2) is 4.98 Å². The van der Waals surface area contributed by atoms with Crippen LogP contribution in [0.2, 0.25) is 0 Å². The predicted octanol–water partition coefficient (Wildman–Crippen LogP) is 3.84. The van der Waals surface area contributed by atoms with Crippen molar-refractivity contribution in [2.45, 2.75) is 58.2 Å². The highest BCUT2D eigenvalue weighted by Gasteiger charge is 2.13. The van der Waals surface area contributed by atoms with E-state index in [1.807, 2.05) is 25.1 Å². The smallest absolute Gasteiger partial charge is 0.262 e. The van der Waals surface area contributed by atoms with Gasteiger partial charge >= 0.3 is 0 Å². The van der Waals surface area contributed by atoms with Crippen LogP contribution in [0.5, 0.6) is 0 Å². The molecule has 1 aromatic carbocycles. The largest absolute Gasteiger partial charge is 0.355 e. The number of unbranched alkanes of at least 4 members (excludes halogenated alkanes) is 1. The third kappa shape index (κ3) is 5.34. The number of benzene rings is 1. The highest BCUT2D eigenvalue weighted by Crippen LogP contribution is 2.18. The minimum absolute atomic E-state index is 0.00462. The van der Waals surface area contributed by atoms with E-state index in [9.17, 15) is 9.59 Å². The topological polar surface area (TPSA) is 64.0 Å². The molecular weight excluding hydrogens is 346 g/mol. The van der Waals surface area contributed by atoms with Gasteiger partial charge in [0.2, 0.25) is 5.91 Å². The molecule has 0 saturated heterocycles. The number of hydrogen-bond donors (Lipinski definition) is 1. The average Bonchev–Trinajstić information content (AvgIpc) is 2.66. The zero-order chi connectivity index (χ0) is 18.9. The van der Waals surface area contributed by atoms with Crippen LogP contribution in [0.15, 0.2) is 34.2 Å². The van der Waals surface area contributed by atoms with Gasteiger partial charge in [0.25, 0.3) is 5.56 Å². The Morgan fingerprint density at radius 2 is 2.04 bits per heavy atom. The van der Waals surface area contributed by atoms with E-state index in [2.05, 4.69) is 24.1 Å². The molecule has 6 heteroatoms. The van der Waals surface area contributed by atoms with Crippen molar-refractivity contribution in [3.63, 3.8) is 0 Å². The van der Waals surface area contributed by atoms with Crippen molar-refractivity contribution in [3.8, 4) is 0 Å². The van der Waals surface area contributed by atoms with E-state index in [-0.39, 0.29) is 17.2 Å². The number of thioether (sulfide) groups is 1. The van der Waals surface area contributed by atoms with E-state index in [1.165, 1.54) is 24.6 Å². The lowest BCUT2D eigenvalue weighted by molar-refractivity contribution is -0.118. The molecule has 1 aromatic heterocycles. The lowest BCUT2D eigenvalue weighted by atomic mass is 9.99. The SMILES string of the molecule is CCCC[C@@H](CC)CNC(=O)CSc1nc2ccccc2c(=O)n1CC. The summed E-state index contributed by atoms with van der Waals surface area (Å²) >= 11 is 1.33. The minimum atomic E-state index is -0.0494. The van der Waals surface area contributed by atoms with E-state index < -0.39 is 0 Å². The van der Waals surface area contributed by atoms with Crippen LogP contribution < -0.4 is 10.9 Å². The van der Waals surface area contributed by atoms with E-state index in [0.717, 1.165) is 19.4 Å². The first-order valence-corrected chi connectivity index (χ1v) is 10.5. The van der Waals surface area contributed by atoms with Crippen LogP contribution >= 0.6 is 11.8 Å². The first-order valence-electron chi connectivity index (χ1n) is 9.49. The molecule has 1 heterocycles. The second-order valence-corrected chi connectivity index (χ2v) is 7.41. The summed E-state index contributed by atoms with van der Waals surface area (Å²) in [5.41, 5.74) is 0.627. The highest BCUT2D eigenvalue weighted by molar-refractivity contribution is 7.99. The standard InChI is InChI=1S/C20H29N3O2S/c1-4-7-10-15(5-2)13-21-18(24)14-26-20-22-17-12-9-8-11-16(17)19(25)23(20)6-3/h8-9,11-12,15H,4-7,10,13-14H2,1-3H3,(H,21,24)/t15-/m1/s1. The number of fused-ring (bicyclic) bond motifs is 1. The molecule has 0 unspecified atom stereocenters. The molecule has 5 nitrogen and oxygen atoms in total. The molecule has 1 atom stereocenters. The number of carbonyl (C=O) groups excluding carboxylic acids is 1. The molecular formula is C20H29N3O2S. The summed E-state index contributed by atoms with van der Waals surface area (Å²) < 4.78 is 1.64. The maximum absolute atomic E-state index is 12.6. The van der Waals surface area contributed by atoms with Crippen molar-refractivity contribution in [2.24, 2.45) is 5.92 Å². The normalized spacial score (nSPS) is 12.3. The molecule has 1 amide bonds. The molecule has 0 aliphatic rings. The first kappa shape index (κ1) is 20.5. The Morgan fingerprint density at radius 1 is 1.27 bits per heavy atom. The second kappa shape index (κ2) is 10.4. The van der Waals surface area contributed by atoms with Crippen LogP contribution in [-0.2, 0) is 11.3 Å². The fourth-order valence-electron chi connectivity index (χ4n) is 2.92. The number of nitrogens with zero attached hydrogens (tertiary/aromatic N) is 2. The number of para-hydroxylation sites is 1. The molecule has 0 bridgehead atoms. The number of rotatable bonds is 10. The van der Waals surface area contributed by atoms with E-state index in [4.69, 9.17) is 0 Å². The van der Waals surface area contributed by atoms with Gasteiger partial charge in [-0.05, 0) is 31.4 Å². The highest BCUT2D eigenvalue weighted by atomic mass is 32.2. The summed E-state index contributed by atoms with van der Waals surface area (Å²) in [6, 6.07) is 7.33. The molecule has 2 aromatic rings. The lowest BCUT2D eigenvalue weighted by Crippen LogP contribution is -2.31. The third-order valence-electron chi connectivity index (χ3n) is 4.61. The van der Waals surface area contributed by atoms with Gasteiger partial charge in [-0.1, -0.05) is 57.0 Å². The predicted molar refractivity (Wildman–Crippen MR) is 109 cm³/mol. The first-order chi connectivity index (χ1) is 12.6. The van der Waals surface area contributed by atoms with Crippen LogP contribution in [0.1, 0.15) is 46.5 Å². The summed E-state index contributed by atoms with van der Waals surface area (Å²) in [6.07, 6.45) is 4.62. The fourth-order valence-corrected chi connectivity index (χ4v) is 3.81. The van der Waals surface area contributed by atoms with Gasteiger partial charge in [-0.2, -0.15) is 0 Å². The summed E-state index contributed by atoms with van der Waals surface area (Å²) in [6.45, 7) is 7.53. The maximum Gasteiger partial charge on any atom is 0.262 e. The zero-order valence-corrected chi connectivity index (χ0v) is 16.8. The van der Waals surface area contributed by atoms with Crippen molar-refractivity contribution < 1.29 is 4.79 Å².